The van der Waals surface area contributed by atoms with E-state index in [4.69, 9.17) is 4.74 Å². The van der Waals surface area contributed by atoms with Crippen LogP contribution < -0.4 is 9.64 Å². The summed E-state index contributed by atoms with van der Waals surface area (Å²) in [4.78, 5) is 53.1. The lowest BCUT2D eigenvalue weighted by molar-refractivity contribution is -0.132. The number of hydrogen-bond donors (Lipinski definition) is 1. The molecule has 57 heavy (non-hydrogen) atoms. The van der Waals surface area contributed by atoms with Crippen molar-refractivity contribution in [1.29, 1.82) is 0 Å². The molecule has 3 aliphatic carbocycles. The second-order valence-electron chi connectivity index (χ2n) is 16.5. The highest BCUT2D eigenvalue weighted by Crippen LogP contribution is 2.61. The lowest BCUT2D eigenvalue weighted by atomic mass is 9.55. The van der Waals surface area contributed by atoms with E-state index in [1.807, 2.05) is 47.1 Å². The van der Waals surface area contributed by atoms with Gasteiger partial charge >= 0.3 is 6.09 Å². The van der Waals surface area contributed by atoms with Crippen molar-refractivity contribution in [2.24, 2.45) is 17.3 Å². The molecule has 5 aliphatic rings. The number of piperazine rings is 1. The molecule has 2 saturated carbocycles. The molecule has 2 aromatic carbocycles. The Balaban J connectivity index is 0.00000133. The first-order valence-corrected chi connectivity index (χ1v) is 20.9. The van der Waals surface area contributed by atoms with Gasteiger partial charge < -0.3 is 29.4 Å². The fourth-order valence-corrected chi connectivity index (χ4v) is 10.5. The highest BCUT2D eigenvalue weighted by molar-refractivity contribution is 5.97. The summed E-state index contributed by atoms with van der Waals surface area (Å²) in [6.07, 6.45) is 25.6. The normalized spacial score (nSPS) is 25.0. The van der Waals surface area contributed by atoms with Gasteiger partial charge in [-0.15, -0.1) is 25.7 Å². The molecule has 3 aromatic rings. The van der Waals surface area contributed by atoms with Gasteiger partial charge in [0.1, 0.15) is 12.2 Å². The third-order valence-corrected chi connectivity index (χ3v) is 13.5. The molecule has 1 N–H and O–H groups in total. The number of piperidine rings is 1. The van der Waals surface area contributed by atoms with Crippen LogP contribution in [0.25, 0.3) is 10.9 Å². The van der Waals surface area contributed by atoms with E-state index in [2.05, 4.69) is 54.6 Å². The quantitative estimate of drug-likeness (QED) is 0.255. The molecule has 2 aliphatic heterocycles. The molecule has 302 valence electrons. The predicted molar refractivity (Wildman–Crippen MR) is 225 cm³/mol. The number of aryl methyl sites for hydroxylation is 1. The van der Waals surface area contributed by atoms with Crippen molar-refractivity contribution < 1.29 is 24.2 Å². The van der Waals surface area contributed by atoms with Crippen LogP contribution in [0.3, 0.4) is 0 Å². The molecular weight excluding hydrogens is 715 g/mol. The summed E-state index contributed by atoms with van der Waals surface area (Å²) in [5.74, 6) is 1.86. The van der Waals surface area contributed by atoms with E-state index in [1.165, 1.54) is 11.1 Å². The molecule has 3 heterocycles. The number of aliphatic hydroxyl groups is 1. The third kappa shape index (κ3) is 8.48. The Morgan fingerprint density at radius 3 is 2.37 bits per heavy atom. The number of carbonyl (C=O) groups excluding carboxylic acids is 3. The van der Waals surface area contributed by atoms with Crippen molar-refractivity contribution in [3.8, 4) is 31.4 Å². The van der Waals surface area contributed by atoms with Crippen molar-refractivity contribution in [2.45, 2.75) is 90.1 Å². The largest absolute Gasteiger partial charge is 0.415 e. The maximum atomic E-state index is 13.8. The zero-order chi connectivity index (χ0) is 40.7. The highest BCUT2D eigenvalue weighted by Gasteiger charge is 2.54. The summed E-state index contributed by atoms with van der Waals surface area (Å²) in [6.45, 7) is 8.50. The summed E-state index contributed by atoms with van der Waals surface area (Å²) in [7, 11) is 0. The van der Waals surface area contributed by atoms with E-state index < -0.39 is 0 Å². The van der Waals surface area contributed by atoms with E-state index in [9.17, 15) is 19.5 Å². The standard InChI is InChI=1S/C43H55N5O5.2C2H2/c1-3-19-48(41(51)36-15-12-29-9-5-6-10-35(29)44-36)28-40(50)46-24-22-45(23-25-46)37-27-33-30(26-38(37)53-42(52)47-20-7-4-8-21-47)11-13-32-31(33)17-18-43(2)34(32)14-16-39(43)49;2*1-2/h5-6,9-10,12,15,26-27,31-32,34,39,49H,3-4,7-8,11,13-14,16-25,28H2,1-2H3;2*1-2H/t31?,32-,34?,39+,43+;;/m1../s1. The number of terminal acetylenes is 2. The van der Waals surface area contributed by atoms with Gasteiger partial charge in [0, 0.05) is 51.2 Å². The number of para-hydroxylation sites is 1. The Labute approximate surface area is 338 Å². The van der Waals surface area contributed by atoms with E-state index in [1.54, 1.807) is 11.0 Å². The second-order valence-corrected chi connectivity index (χ2v) is 16.5. The lowest BCUT2D eigenvalue weighted by Crippen LogP contribution is -2.52. The highest BCUT2D eigenvalue weighted by atomic mass is 16.6. The fourth-order valence-electron chi connectivity index (χ4n) is 10.5. The zero-order valence-electron chi connectivity index (χ0n) is 33.8. The Kier molecular flexibility index (Phi) is 13.5. The summed E-state index contributed by atoms with van der Waals surface area (Å²) >= 11 is 0. The minimum Gasteiger partial charge on any atom is -0.408 e. The van der Waals surface area contributed by atoms with Crippen LogP contribution >= 0.6 is 0 Å². The Morgan fingerprint density at radius 1 is 0.895 bits per heavy atom. The van der Waals surface area contributed by atoms with Crippen LogP contribution in [0.4, 0.5) is 10.5 Å². The summed E-state index contributed by atoms with van der Waals surface area (Å²) in [5.41, 5.74) is 4.73. The smallest absolute Gasteiger partial charge is 0.408 e. The van der Waals surface area contributed by atoms with Gasteiger partial charge in [-0.2, -0.15) is 0 Å². The molecule has 0 spiro atoms. The number of benzene rings is 2. The van der Waals surface area contributed by atoms with Gasteiger partial charge in [-0.3, -0.25) is 9.59 Å². The number of anilines is 1. The zero-order valence-corrected chi connectivity index (χ0v) is 33.8. The number of nitrogens with zero attached hydrogens (tertiary/aromatic N) is 5. The van der Waals surface area contributed by atoms with Gasteiger partial charge in [-0.05, 0) is 123 Å². The number of amides is 3. The van der Waals surface area contributed by atoms with Crippen LogP contribution in [-0.4, -0.2) is 101 Å². The summed E-state index contributed by atoms with van der Waals surface area (Å²) in [5, 5.41) is 11.9. The number of carbonyl (C=O) groups is 3. The molecule has 8 rings (SSSR count). The first-order chi connectivity index (χ1) is 27.7. The molecule has 10 nitrogen and oxygen atoms in total. The Morgan fingerprint density at radius 2 is 1.63 bits per heavy atom. The maximum absolute atomic E-state index is 13.8. The second kappa shape index (κ2) is 18.5. The van der Waals surface area contributed by atoms with Crippen LogP contribution in [0.1, 0.15) is 99.2 Å². The van der Waals surface area contributed by atoms with Gasteiger partial charge in [0.15, 0.2) is 5.75 Å². The maximum Gasteiger partial charge on any atom is 0.415 e. The summed E-state index contributed by atoms with van der Waals surface area (Å²) in [6, 6.07) is 15.8. The number of hydrogen-bond acceptors (Lipinski definition) is 7. The van der Waals surface area contributed by atoms with Gasteiger partial charge in [-0.1, -0.05) is 38.1 Å². The average molecular weight is 774 g/mol. The van der Waals surface area contributed by atoms with Crippen molar-refractivity contribution >= 4 is 34.5 Å². The fraction of sp³-hybridized carbons (Fsp3) is 0.532. The van der Waals surface area contributed by atoms with Crippen molar-refractivity contribution in [3.63, 3.8) is 0 Å². The lowest BCUT2D eigenvalue weighted by Gasteiger charge is -2.50. The van der Waals surface area contributed by atoms with Crippen molar-refractivity contribution in [3.05, 3.63) is 65.4 Å². The molecule has 0 radical (unpaired) electrons. The van der Waals surface area contributed by atoms with Gasteiger partial charge in [0.25, 0.3) is 5.91 Å². The van der Waals surface area contributed by atoms with Crippen LogP contribution in [0.5, 0.6) is 5.75 Å². The predicted octanol–water partition coefficient (Wildman–Crippen LogP) is 7.14. The Bertz CT molecular complexity index is 1940. The molecule has 2 saturated heterocycles. The van der Waals surface area contributed by atoms with Crippen LogP contribution in [0.2, 0.25) is 0 Å². The number of ether oxygens (including phenoxy) is 1. The van der Waals surface area contributed by atoms with E-state index in [0.29, 0.717) is 61.9 Å². The molecule has 10 heteroatoms. The van der Waals surface area contributed by atoms with E-state index in [-0.39, 0.29) is 36.0 Å². The Hall–Kier alpha value is -5.06. The minimum absolute atomic E-state index is 0.0105. The molecule has 0 bridgehead atoms. The van der Waals surface area contributed by atoms with Crippen molar-refractivity contribution in [1.82, 2.24) is 19.7 Å². The van der Waals surface area contributed by atoms with Crippen molar-refractivity contribution in [2.75, 3.05) is 57.3 Å². The van der Waals surface area contributed by atoms with E-state index >= 15 is 0 Å². The molecule has 5 atom stereocenters. The number of fused-ring (bicyclic) bond motifs is 6. The van der Waals surface area contributed by atoms with E-state index in [0.717, 1.165) is 93.9 Å². The van der Waals surface area contributed by atoms with Crippen LogP contribution in [0.15, 0.2) is 48.5 Å². The number of aromatic nitrogens is 1. The molecule has 1 aromatic heterocycles. The SMILES string of the molecule is C#C.C#C.CCCN(CC(=O)N1CCN(c2cc3c(cc2OC(=O)N2CCCCC2)CC[C@@H]2C3CC[C@@]3(C)C2CC[C@@H]3O)CC1)C(=O)c1ccc2ccccc2n1. The van der Waals surface area contributed by atoms with Gasteiger partial charge in [0.05, 0.1) is 17.3 Å². The number of aliphatic hydroxyl groups excluding tert-OH is 1. The molecule has 4 fully saturated rings. The first kappa shape index (κ1) is 41.6. The summed E-state index contributed by atoms with van der Waals surface area (Å²) < 4.78 is 6.27. The number of pyridine rings is 1. The van der Waals surface area contributed by atoms with Gasteiger partial charge in [0.2, 0.25) is 5.91 Å². The van der Waals surface area contributed by atoms with Gasteiger partial charge in [-0.25, -0.2) is 9.78 Å². The first-order valence-electron chi connectivity index (χ1n) is 20.9. The molecular formula is C47H59N5O5. The monoisotopic (exact) mass is 773 g/mol. The van der Waals surface area contributed by atoms with Crippen LogP contribution in [0, 0.1) is 42.9 Å². The minimum atomic E-state index is -0.275. The number of likely N-dealkylation sites (tertiary alicyclic amines) is 1. The topological polar surface area (TPSA) is 107 Å². The molecule has 2 unspecified atom stereocenters. The average Bonchev–Trinajstić information content (AvgIpc) is 3.57. The van der Waals surface area contributed by atoms with Crippen LogP contribution in [-0.2, 0) is 11.2 Å². The third-order valence-electron chi connectivity index (χ3n) is 13.5. The number of rotatable bonds is 7. The molecule has 3 amide bonds.